The molecule has 0 unspecified atom stereocenters. The molecule has 210 valence electrons. The molecule has 3 aromatic rings. The molecular weight excluding hydrogens is 574 g/mol. The monoisotopic (exact) mass is 594 g/mol. The van der Waals surface area contributed by atoms with E-state index in [9.17, 15) is 34.8 Å². The van der Waals surface area contributed by atoms with E-state index in [4.69, 9.17) is 21.1 Å². The van der Waals surface area contributed by atoms with E-state index >= 15 is 0 Å². The van der Waals surface area contributed by atoms with Crippen molar-refractivity contribution in [1.29, 1.82) is 0 Å². The van der Waals surface area contributed by atoms with Gasteiger partial charge in [-0.3, -0.25) is 4.72 Å². The Morgan fingerprint density at radius 3 is 2.18 bits per heavy atom. The lowest BCUT2D eigenvalue weighted by molar-refractivity contribution is -0.143. The van der Waals surface area contributed by atoms with Crippen LogP contribution >= 0.6 is 11.6 Å². The first-order chi connectivity index (χ1) is 18.1. The number of hydrogen-bond donors (Lipinski definition) is 1. The van der Waals surface area contributed by atoms with Crippen LogP contribution in [0.2, 0.25) is 5.02 Å². The summed E-state index contributed by atoms with van der Waals surface area (Å²) < 4.78 is 118. The van der Waals surface area contributed by atoms with Crippen molar-refractivity contribution in [3.8, 4) is 17.2 Å². The van der Waals surface area contributed by atoms with Crippen molar-refractivity contribution in [2.24, 2.45) is 0 Å². The molecule has 0 saturated carbocycles. The molecule has 1 saturated heterocycles. The Bertz CT molecular complexity index is 1430. The first kappa shape index (κ1) is 28.8. The number of rotatable bonds is 7. The summed E-state index contributed by atoms with van der Waals surface area (Å²) in [5, 5.41) is 0.280. The average molecular weight is 595 g/mol. The van der Waals surface area contributed by atoms with E-state index in [-0.39, 0.29) is 39.3 Å². The standard InChI is InChI=1S/C25H21ClF6N2O4S/c1-34-8-7-19(14-34)38-23-12-17(5-6-22(23)26)33-39(35,36)21-4-2-3-18(13-21)37-20-10-15(24(27,28)29)9-16(11-20)25(30,31)32/h2-6,9-13,19,33H,7-8,14H2,1H3/t19-/m1/s1. The maximum Gasteiger partial charge on any atom is 0.416 e. The third-order valence-corrected chi connectivity index (χ3v) is 7.43. The number of nitrogens with zero attached hydrogens (tertiary/aromatic N) is 1. The van der Waals surface area contributed by atoms with Crippen molar-refractivity contribution in [1.82, 2.24) is 4.90 Å². The normalized spacial score (nSPS) is 16.8. The SMILES string of the molecule is CN1CC[C@@H](Oc2cc(NS(=O)(=O)c3cccc(Oc4cc(C(F)(F)F)cc(C(F)(F)F)c4)c3)ccc2Cl)C1. The lowest BCUT2D eigenvalue weighted by atomic mass is 10.1. The zero-order valence-corrected chi connectivity index (χ0v) is 21.7. The highest BCUT2D eigenvalue weighted by molar-refractivity contribution is 7.92. The van der Waals surface area contributed by atoms with Gasteiger partial charge in [0.1, 0.15) is 23.4 Å². The van der Waals surface area contributed by atoms with Crippen molar-refractivity contribution in [3.63, 3.8) is 0 Å². The van der Waals surface area contributed by atoms with Gasteiger partial charge in [0, 0.05) is 25.2 Å². The fourth-order valence-corrected chi connectivity index (χ4v) is 5.11. The topological polar surface area (TPSA) is 67.9 Å². The molecule has 1 fully saturated rings. The van der Waals surface area contributed by atoms with E-state index in [0.717, 1.165) is 19.0 Å². The quantitative estimate of drug-likeness (QED) is 0.297. The van der Waals surface area contributed by atoms with Crippen LogP contribution in [-0.2, 0) is 22.4 Å². The van der Waals surface area contributed by atoms with Crippen LogP contribution in [0.25, 0.3) is 0 Å². The molecule has 0 amide bonds. The van der Waals surface area contributed by atoms with E-state index in [1.807, 2.05) is 7.05 Å². The first-order valence-electron chi connectivity index (χ1n) is 11.4. The Balaban J connectivity index is 1.56. The number of likely N-dealkylation sites (tertiary alicyclic amines) is 1. The Morgan fingerprint density at radius 1 is 0.923 bits per heavy atom. The number of nitrogens with one attached hydrogen (secondary N) is 1. The molecule has 0 bridgehead atoms. The van der Waals surface area contributed by atoms with Gasteiger partial charge in [0.15, 0.2) is 0 Å². The van der Waals surface area contributed by atoms with E-state index in [1.165, 1.54) is 36.4 Å². The van der Waals surface area contributed by atoms with E-state index in [1.54, 1.807) is 0 Å². The number of ether oxygens (including phenoxy) is 2. The van der Waals surface area contributed by atoms with Gasteiger partial charge < -0.3 is 14.4 Å². The molecule has 0 aromatic heterocycles. The zero-order chi connectivity index (χ0) is 28.6. The Hall–Kier alpha value is -3.16. The van der Waals surface area contributed by atoms with Crippen LogP contribution in [0.4, 0.5) is 32.0 Å². The van der Waals surface area contributed by atoms with Crippen LogP contribution in [-0.4, -0.2) is 39.6 Å². The molecule has 3 aromatic carbocycles. The van der Waals surface area contributed by atoms with Gasteiger partial charge in [-0.15, -0.1) is 0 Å². The molecule has 1 atom stereocenters. The summed E-state index contributed by atoms with van der Waals surface area (Å²) >= 11 is 6.20. The molecule has 39 heavy (non-hydrogen) atoms. The van der Waals surface area contributed by atoms with E-state index in [2.05, 4.69) is 9.62 Å². The van der Waals surface area contributed by atoms with Crippen molar-refractivity contribution in [2.45, 2.75) is 29.8 Å². The minimum absolute atomic E-state index is 0.0350. The number of sulfonamides is 1. The molecule has 1 aliphatic rings. The summed E-state index contributed by atoms with van der Waals surface area (Å²) in [6.07, 6.45) is -9.49. The van der Waals surface area contributed by atoms with E-state index in [0.29, 0.717) is 18.7 Å². The van der Waals surface area contributed by atoms with Gasteiger partial charge in [-0.2, -0.15) is 26.3 Å². The van der Waals surface area contributed by atoms with Crippen LogP contribution < -0.4 is 14.2 Å². The summed E-state index contributed by atoms with van der Waals surface area (Å²) in [6, 6.07) is 9.62. The van der Waals surface area contributed by atoms with Crippen molar-refractivity contribution in [2.75, 3.05) is 24.9 Å². The van der Waals surface area contributed by atoms with Crippen LogP contribution in [0.3, 0.4) is 0 Å². The summed E-state index contributed by atoms with van der Waals surface area (Å²) in [5.74, 6) is -0.785. The van der Waals surface area contributed by atoms with Crippen LogP contribution in [0, 0.1) is 0 Å². The van der Waals surface area contributed by atoms with Gasteiger partial charge >= 0.3 is 12.4 Å². The van der Waals surface area contributed by atoms with Gasteiger partial charge in [0.25, 0.3) is 10.0 Å². The second-order valence-electron chi connectivity index (χ2n) is 8.86. The van der Waals surface area contributed by atoms with Gasteiger partial charge in [-0.1, -0.05) is 17.7 Å². The lowest BCUT2D eigenvalue weighted by Crippen LogP contribution is -2.21. The molecule has 0 aliphatic carbocycles. The number of anilines is 1. The molecule has 0 radical (unpaired) electrons. The summed E-state index contributed by atoms with van der Waals surface area (Å²) in [7, 11) is -2.31. The van der Waals surface area contributed by atoms with Crippen LogP contribution in [0.15, 0.2) is 65.6 Å². The highest BCUT2D eigenvalue weighted by atomic mass is 35.5. The number of benzene rings is 3. The summed E-state index contributed by atoms with van der Waals surface area (Å²) in [5.41, 5.74) is -3.01. The molecule has 1 aliphatic heterocycles. The minimum atomic E-state index is -5.07. The molecule has 0 spiro atoms. The Labute approximate surface area is 225 Å². The predicted octanol–water partition coefficient (Wildman–Crippen LogP) is 7.05. The predicted molar refractivity (Wildman–Crippen MR) is 132 cm³/mol. The number of halogens is 7. The molecule has 1 N–H and O–H groups in total. The van der Waals surface area contributed by atoms with Crippen LogP contribution in [0.5, 0.6) is 17.2 Å². The fraction of sp³-hybridized carbons (Fsp3) is 0.280. The highest BCUT2D eigenvalue weighted by Gasteiger charge is 2.37. The zero-order valence-electron chi connectivity index (χ0n) is 20.1. The summed E-state index contributed by atoms with van der Waals surface area (Å²) in [4.78, 5) is 1.72. The van der Waals surface area contributed by atoms with Crippen LogP contribution in [0.1, 0.15) is 17.5 Å². The second kappa shape index (κ2) is 10.8. The maximum atomic E-state index is 13.2. The number of likely N-dealkylation sites (N-methyl/N-ethyl adjacent to an activating group) is 1. The number of hydrogen-bond acceptors (Lipinski definition) is 5. The average Bonchev–Trinajstić information content (AvgIpc) is 3.24. The smallest absolute Gasteiger partial charge is 0.416 e. The lowest BCUT2D eigenvalue weighted by Gasteiger charge is -2.17. The Morgan fingerprint density at radius 2 is 1.59 bits per heavy atom. The molecule has 14 heteroatoms. The third-order valence-electron chi connectivity index (χ3n) is 5.74. The van der Waals surface area contributed by atoms with Gasteiger partial charge in [-0.25, -0.2) is 8.42 Å². The molecule has 4 rings (SSSR count). The Kier molecular flexibility index (Phi) is 7.97. The second-order valence-corrected chi connectivity index (χ2v) is 10.9. The summed E-state index contributed by atoms with van der Waals surface area (Å²) in [6.45, 7) is 1.51. The van der Waals surface area contributed by atoms with Crippen molar-refractivity contribution >= 4 is 27.3 Å². The third kappa shape index (κ3) is 7.28. The number of alkyl halides is 6. The first-order valence-corrected chi connectivity index (χ1v) is 13.2. The largest absolute Gasteiger partial charge is 0.487 e. The van der Waals surface area contributed by atoms with E-state index < -0.39 is 39.3 Å². The molecule has 1 heterocycles. The minimum Gasteiger partial charge on any atom is -0.487 e. The highest BCUT2D eigenvalue weighted by Crippen LogP contribution is 2.39. The van der Waals surface area contributed by atoms with Crippen molar-refractivity contribution < 1.29 is 44.2 Å². The van der Waals surface area contributed by atoms with Crippen molar-refractivity contribution in [3.05, 3.63) is 76.8 Å². The maximum absolute atomic E-state index is 13.2. The van der Waals surface area contributed by atoms with Gasteiger partial charge in [0.2, 0.25) is 0 Å². The fourth-order valence-electron chi connectivity index (χ4n) is 3.87. The molecular formula is C25H21ClF6N2O4S. The van der Waals surface area contributed by atoms with Gasteiger partial charge in [-0.05, 0) is 55.9 Å². The molecule has 6 nitrogen and oxygen atoms in total. The van der Waals surface area contributed by atoms with Gasteiger partial charge in [0.05, 0.1) is 26.7 Å².